The zero-order chi connectivity index (χ0) is 18.9. The summed E-state index contributed by atoms with van der Waals surface area (Å²) >= 11 is 0. The van der Waals surface area contributed by atoms with E-state index in [-0.39, 0.29) is 11.1 Å². The van der Waals surface area contributed by atoms with Gasteiger partial charge >= 0.3 is 12.1 Å². The van der Waals surface area contributed by atoms with Gasteiger partial charge in [-0.1, -0.05) is 12.1 Å². The number of hydrogen-bond donors (Lipinski definition) is 0. The van der Waals surface area contributed by atoms with Crippen LogP contribution in [0.4, 0.5) is 9.18 Å². The summed E-state index contributed by atoms with van der Waals surface area (Å²) in [6.07, 6.45) is -0.529. The molecule has 0 spiro atoms. The van der Waals surface area contributed by atoms with E-state index in [1.54, 1.807) is 52.8 Å². The molecule has 0 aliphatic rings. The van der Waals surface area contributed by atoms with Gasteiger partial charge in [-0.05, 0) is 46.8 Å². The largest absolute Gasteiger partial charge is 0.465 e. The molecule has 0 fully saturated rings. The maximum atomic E-state index is 14.8. The van der Waals surface area contributed by atoms with E-state index in [0.717, 1.165) is 0 Å². The van der Waals surface area contributed by atoms with Crippen molar-refractivity contribution in [2.45, 2.75) is 40.2 Å². The van der Waals surface area contributed by atoms with Crippen molar-refractivity contribution >= 4 is 12.1 Å². The van der Waals surface area contributed by atoms with Crippen LogP contribution < -0.4 is 0 Å². The van der Waals surface area contributed by atoms with Crippen LogP contribution in [-0.2, 0) is 9.47 Å². The highest BCUT2D eigenvalue weighted by Crippen LogP contribution is 2.31. The standard InChI is InChI=1S/C19H22FNO4/c1-11-10-15(12(2)21(11)18(23)25-19(3,4)5)13-8-7-9-14(16(13)20)17(22)24-6/h7-10H,1-6H3. The molecule has 0 unspecified atom stereocenters. The van der Waals surface area contributed by atoms with Gasteiger partial charge in [0.1, 0.15) is 11.4 Å². The first-order valence-electron chi connectivity index (χ1n) is 7.86. The Morgan fingerprint density at radius 3 is 2.32 bits per heavy atom. The zero-order valence-electron chi connectivity index (χ0n) is 15.3. The van der Waals surface area contributed by atoms with E-state index in [0.29, 0.717) is 17.0 Å². The topological polar surface area (TPSA) is 57.5 Å². The van der Waals surface area contributed by atoms with Gasteiger partial charge in [-0.15, -0.1) is 0 Å². The summed E-state index contributed by atoms with van der Waals surface area (Å²) in [5, 5.41) is 0. The first-order chi connectivity index (χ1) is 11.6. The van der Waals surface area contributed by atoms with Gasteiger partial charge in [0.15, 0.2) is 0 Å². The average molecular weight is 347 g/mol. The van der Waals surface area contributed by atoms with Crippen molar-refractivity contribution in [3.05, 3.63) is 47.0 Å². The molecular weight excluding hydrogens is 325 g/mol. The molecule has 1 aromatic heterocycles. The monoisotopic (exact) mass is 347 g/mol. The van der Waals surface area contributed by atoms with Crippen LogP contribution in [-0.4, -0.2) is 29.3 Å². The van der Waals surface area contributed by atoms with Crippen LogP contribution in [0.15, 0.2) is 24.3 Å². The van der Waals surface area contributed by atoms with Gasteiger partial charge in [-0.3, -0.25) is 4.57 Å². The number of ether oxygens (including phenoxy) is 2. The smallest absolute Gasteiger partial charge is 0.418 e. The van der Waals surface area contributed by atoms with E-state index >= 15 is 0 Å². The molecule has 2 rings (SSSR count). The third-order valence-corrected chi connectivity index (χ3v) is 3.70. The number of carbonyl (C=O) groups is 2. The molecule has 1 heterocycles. The minimum absolute atomic E-state index is 0.151. The van der Waals surface area contributed by atoms with Gasteiger partial charge in [-0.25, -0.2) is 14.0 Å². The maximum Gasteiger partial charge on any atom is 0.418 e. The molecule has 6 heteroatoms. The number of methoxy groups -OCH3 is 1. The van der Waals surface area contributed by atoms with E-state index < -0.39 is 23.5 Å². The van der Waals surface area contributed by atoms with Crippen molar-refractivity contribution in [1.82, 2.24) is 4.57 Å². The van der Waals surface area contributed by atoms with Gasteiger partial charge in [-0.2, -0.15) is 0 Å². The molecule has 0 N–H and O–H groups in total. The summed E-state index contributed by atoms with van der Waals surface area (Å²) in [6, 6.07) is 6.18. The van der Waals surface area contributed by atoms with Crippen LogP contribution >= 0.6 is 0 Å². The average Bonchev–Trinajstić information content (AvgIpc) is 2.79. The maximum absolute atomic E-state index is 14.8. The Labute approximate surface area is 146 Å². The van der Waals surface area contributed by atoms with Crippen LogP contribution in [0.2, 0.25) is 0 Å². The molecule has 0 atom stereocenters. The highest BCUT2D eigenvalue weighted by molar-refractivity contribution is 5.92. The Kier molecular flexibility index (Phi) is 5.02. The summed E-state index contributed by atoms with van der Waals surface area (Å²) in [7, 11) is 1.20. The second-order valence-corrected chi connectivity index (χ2v) is 6.76. The lowest BCUT2D eigenvalue weighted by molar-refractivity contribution is 0.0530. The quantitative estimate of drug-likeness (QED) is 0.752. The number of aromatic nitrogens is 1. The SMILES string of the molecule is COC(=O)c1cccc(-c2cc(C)n(C(=O)OC(C)(C)C)c2C)c1F. The first kappa shape index (κ1) is 18.7. The molecule has 1 aromatic carbocycles. The second kappa shape index (κ2) is 6.70. The fourth-order valence-electron chi connectivity index (χ4n) is 2.63. The number of rotatable bonds is 2. The predicted octanol–water partition coefficient (Wildman–Crippen LogP) is 4.48. The summed E-state index contributed by atoms with van der Waals surface area (Å²) in [6.45, 7) is 8.78. The Bertz CT molecular complexity index is 831. The van der Waals surface area contributed by atoms with E-state index in [2.05, 4.69) is 4.74 Å². The number of carbonyl (C=O) groups excluding carboxylic acids is 2. The lowest BCUT2D eigenvalue weighted by atomic mass is 10.0. The van der Waals surface area contributed by atoms with E-state index in [4.69, 9.17) is 4.74 Å². The molecule has 0 bridgehead atoms. The van der Waals surface area contributed by atoms with Crippen LogP contribution in [0.5, 0.6) is 0 Å². The minimum Gasteiger partial charge on any atom is -0.465 e. The van der Waals surface area contributed by atoms with Gasteiger partial charge in [0.2, 0.25) is 0 Å². The second-order valence-electron chi connectivity index (χ2n) is 6.76. The van der Waals surface area contributed by atoms with Crippen LogP contribution in [0, 0.1) is 19.7 Å². The minimum atomic E-state index is -0.750. The fraction of sp³-hybridized carbons (Fsp3) is 0.368. The van der Waals surface area contributed by atoms with Gasteiger partial charge in [0.25, 0.3) is 0 Å². The Morgan fingerprint density at radius 1 is 1.12 bits per heavy atom. The summed E-state index contributed by atoms with van der Waals surface area (Å²) < 4.78 is 26.2. The molecule has 134 valence electrons. The summed E-state index contributed by atoms with van der Waals surface area (Å²) in [5.74, 6) is -1.43. The number of hydrogen-bond acceptors (Lipinski definition) is 4. The molecule has 0 saturated carbocycles. The first-order valence-corrected chi connectivity index (χ1v) is 7.86. The van der Waals surface area contributed by atoms with Crippen LogP contribution in [0.3, 0.4) is 0 Å². The highest BCUT2D eigenvalue weighted by Gasteiger charge is 2.24. The van der Waals surface area contributed by atoms with E-state index in [9.17, 15) is 14.0 Å². The summed E-state index contributed by atoms with van der Waals surface area (Å²) in [5.41, 5.74) is 1.10. The number of esters is 1. The lowest BCUT2D eigenvalue weighted by Gasteiger charge is -2.21. The lowest BCUT2D eigenvalue weighted by Crippen LogP contribution is -2.28. The zero-order valence-corrected chi connectivity index (χ0v) is 15.3. The third-order valence-electron chi connectivity index (χ3n) is 3.70. The van der Waals surface area contributed by atoms with E-state index in [1.807, 2.05) is 0 Å². The molecule has 0 amide bonds. The molecule has 0 radical (unpaired) electrons. The molecule has 0 saturated heterocycles. The predicted molar refractivity (Wildman–Crippen MR) is 92.3 cm³/mol. The van der Waals surface area contributed by atoms with Crippen molar-refractivity contribution in [1.29, 1.82) is 0 Å². The fourth-order valence-corrected chi connectivity index (χ4v) is 2.63. The molecule has 25 heavy (non-hydrogen) atoms. The Balaban J connectivity index is 2.55. The van der Waals surface area contributed by atoms with Crippen molar-refractivity contribution in [2.24, 2.45) is 0 Å². The van der Waals surface area contributed by atoms with E-state index in [1.165, 1.54) is 17.7 Å². The Morgan fingerprint density at radius 2 is 1.76 bits per heavy atom. The molecule has 0 aliphatic heterocycles. The molecule has 5 nitrogen and oxygen atoms in total. The van der Waals surface area contributed by atoms with Crippen molar-refractivity contribution < 1.29 is 23.5 Å². The highest BCUT2D eigenvalue weighted by atomic mass is 19.1. The van der Waals surface area contributed by atoms with Crippen LogP contribution in [0.25, 0.3) is 11.1 Å². The van der Waals surface area contributed by atoms with Gasteiger partial charge in [0, 0.05) is 22.5 Å². The van der Waals surface area contributed by atoms with Crippen molar-refractivity contribution in [3.63, 3.8) is 0 Å². The number of halogens is 1. The number of aryl methyl sites for hydroxylation is 1. The Hall–Kier alpha value is -2.63. The van der Waals surface area contributed by atoms with Gasteiger partial charge in [0.05, 0.1) is 12.7 Å². The van der Waals surface area contributed by atoms with Crippen LogP contribution in [0.1, 0.15) is 42.5 Å². The molecule has 0 aliphatic carbocycles. The van der Waals surface area contributed by atoms with Crippen molar-refractivity contribution in [3.8, 4) is 11.1 Å². The summed E-state index contributed by atoms with van der Waals surface area (Å²) in [4.78, 5) is 24.1. The molecular formula is C19H22FNO4. The van der Waals surface area contributed by atoms with Crippen molar-refractivity contribution in [2.75, 3.05) is 7.11 Å². The third kappa shape index (κ3) is 3.73. The number of nitrogens with zero attached hydrogens (tertiary/aromatic N) is 1. The number of benzene rings is 1. The van der Waals surface area contributed by atoms with Gasteiger partial charge < -0.3 is 9.47 Å². The normalized spacial score (nSPS) is 11.3. The molecule has 2 aromatic rings.